The van der Waals surface area contributed by atoms with Crippen LogP contribution in [0.15, 0.2) is 0 Å². The molecule has 17 heavy (non-hydrogen) atoms. The first-order valence-electron chi connectivity index (χ1n) is 6.83. The van der Waals surface area contributed by atoms with Gasteiger partial charge in [0.15, 0.2) is 0 Å². The molecule has 2 aliphatic heterocycles. The van der Waals surface area contributed by atoms with Crippen LogP contribution in [0.4, 0.5) is 0 Å². The van der Waals surface area contributed by atoms with Gasteiger partial charge < -0.3 is 10.1 Å². The standard InChI is InChI=1S/C13H24N2O2/c1-3-17-13(16)6-7-15-11-4-5-12(15)9-10(8-11)14-2/h10-12,14H,3-9H2,1-2H3. The van der Waals surface area contributed by atoms with Crippen LogP contribution < -0.4 is 5.32 Å². The van der Waals surface area contributed by atoms with E-state index in [4.69, 9.17) is 4.74 Å². The molecule has 2 aliphatic rings. The van der Waals surface area contributed by atoms with Crippen molar-refractivity contribution in [3.8, 4) is 0 Å². The fourth-order valence-electron chi connectivity index (χ4n) is 3.33. The van der Waals surface area contributed by atoms with Crippen LogP contribution in [0.25, 0.3) is 0 Å². The van der Waals surface area contributed by atoms with E-state index in [9.17, 15) is 4.79 Å². The van der Waals surface area contributed by atoms with Crippen LogP contribution in [0.3, 0.4) is 0 Å². The van der Waals surface area contributed by atoms with Crippen molar-refractivity contribution in [1.82, 2.24) is 10.2 Å². The van der Waals surface area contributed by atoms with Crippen LogP contribution >= 0.6 is 0 Å². The Morgan fingerprint density at radius 2 is 2.00 bits per heavy atom. The predicted molar refractivity (Wildman–Crippen MR) is 66.8 cm³/mol. The lowest BCUT2D eigenvalue weighted by Gasteiger charge is -2.38. The Bertz CT molecular complexity index is 256. The number of carbonyl (C=O) groups excluding carboxylic acids is 1. The summed E-state index contributed by atoms with van der Waals surface area (Å²) in [6, 6.07) is 2.03. The third-order valence-electron chi connectivity index (χ3n) is 4.17. The fraction of sp³-hybridized carbons (Fsp3) is 0.923. The number of piperidine rings is 1. The zero-order chi connectivity index (χ0) is 12.3. The maximum Gasteiger partial charge on any atom is 0.307 e. The van der Waals surface area contributed by atoms with Crippen LogP contribution in [-0.4, -0.2) is 49.2 Å². The van der Waals surface area contributed by atoms with E-state index < -0.39 is 0 Å². The first-order chi connectivity index (χ1) is 8.24. The fourth-order valence-corrected chi connectivity index (χ4v) is 3.33. The number of hydrogen-bond donors (Lipinski definition) is 1. The molecule has 0 aromatic rings. The summed E-state index contributed by atoms with van der Waals surface area (Å²) in [6.45, 7) is 3.23. The quantitative estimate of drug-likeness (QED) is 0.732. The van der Waals surface area contributed by atoms with E-state index in [0.29, 0.717) is 31.2 Å². The summed E-state index contributed by atoms with van der Waals surface area (Å²) >= 11 is 0. The Balaban J connectivity index is 1.81. The van der Waals surface area contributed by atoms with Gasteiger partial charge in [-0.1, -0.05) is 0 Å². The summed E-state index contributed by atoms with van der Waals surface area (Å²) in [5.74, 6) is -0.0531. The highest BCUT2D eigenvalue weighted by atomic mass is 16.5. The van der Waals surface area contributed by atoms with Crippen molar-refractivity contribution in [3.63, 3.8) is 0 Å². The molecule has 0 amide bonds. The van der Waals surface area contributed by atoms with Crippen LogP contribution in [-0.2, 0) is 9.53 Å². The molecule has 2 unspecified atom stereocenters. The minimum atomic E-state index is -0.0531. The molecule has 2 heterocycles. The third kappa shape index (κ3) is 2.99. The highest BCUT2D eigenvalue weighted by molar-refractivity contribution is 5.69. The average Bonchev–Trinajstić information content (AvgIpc) is 2.57. The Labute approximate surface area is 104 Å². The number of hydrogen-bond acceptors (Lipinski definition) is 4. The highest BCUT2D eigenvalue weighted by Gasteiger charge is 2.39. The maximum atomic E-state index is 11.4. The molecule has 1 N–H and O–H groups in total. The second kappa shape index (κ2) is 5.83. The summed E-state index contributed by atoms with van der Waals surface area (Å²) in [5, 5.41) is 3.39. The van der Waals surface area contributed by atoms with Crippen molar-refractivity contribution in [2.75, 3.05) is 20.2 Å². The first kappa shape index (κ1) is 12.8. The molecule has 98 valence electrons. The first-order valence-corrected chi connectivity index (χ1v) is 6.83. The number of nitrogens with one attached hydrogen (secondary N) is 1. The van der Waals surface area contributed by atoms with E-state index in [1.165, 1.54) is 25.7 Å². The van der Waals surface area contributed by atoms with Crippen molar-refractivity contribution >= 4 is 5.97 Å². The SMILES string of the molecule is CCOC(=O)CCN1C2CCC1CC(NC)C2. The monoisotopic (exact) mass is 240 g/mol. The van der Waals surface area contributed by atoms with Gasteiger partial charge in [-0.05, 0) is 39.7 Å². The number of esters is 1. The Kier molecular flexibility index (Phi) is 4.40. The third-order valence-corrected chi connectivity index (χ3v) is 4.17. The molecule has 0 radical (unpaired) electrons. The van der Waals surface area contributed by atoms with Gasteiger partial charge in [-0.15, -0.1) is 0 Å². The van der Waals surface area contributed by atoms with Gasteiger partial charge in [0.2, 0.25) is 0 Å². The smallest absolute Gasteiger partial charge is 0.307 e. The molecule has 0 aromatic carbocycles. The van der Waals surface area contributed by atoms with Crippen LogP contribution in [0.2, 0.25) is 0 Å². The number of nitrogens with zero attached hydrogens (tertiary/aromatic N) is 1. The lowest BCUT2D eigenvalue weighted by molar-refractivity contribution is -0.143. The molecule has 0 aromatic heterocycles. The molecule has 0 spiro atoms. The van der Waals surface area contributed by atoms with Crippen LogP contribution in [0.5, 0.6) is 0 Å². The Hall–Kier alpha value is -0.610. The van der Waals surface area contributed by atoms with E-state index >= 15 is 0 Å². The molecule has 0 saturated carbocycles. The normalized spacial score (nSPS) is 32.7. The average molecular weight is 240 g/mol. The van der Waals surface area contributed by atoms with Gasteiger partial charge in [-0.3, -0.25) is 9.69 Å². The Morgan fingerprint density at radius 1 is 1.35 bits per heavy atom. The van der Waals surface area contributed by atoms with Crippen molar-refractivity contribution in [2.45, 2.75) is 57.2 Å². The van der Waals surface area contributed by atoms with Crippen molar-refractivity contribution in [2.24, 2.45) is 0 Å². The lowest BCUT2D eigenvalue weighted by Crippen LogP contribution is -2.48. The molecule has 2 saturated heterocycles. The van der Waals surface area contributed by atoms with Crippen LogP contribution in [0.1, 0.15) is 39.0 Å². The molecule has 2 fully saturated rings. The molecule has 2 rings (SSSR count). The summed E-state index contributed by atoms with van der Waals surface area (Å²) in [5.41, 5.74) is 0. The van der Waals surface area contributed by atoms with E-state index in [-0.39, 0.29) is 5.97 Å². The molecule has 4 nitrogen and oxygen atoms in total. The largest absolute Gasteiger partial charge is 0.466 e. The molecule has 4 heteroatoms. The zero-order valence-corrected chi connectivity index (χ0v) is 10.9. The summed E-state index contributed by atoms with van der Waals surface area (Å²) in [6.07, 6.45) is 5.61. The zero-order valence-electron chi connectivity index (χ0n) is 10.9. The maximum absolute atomic E-state index is 11.4. The van der Waals surface area contributed by atoms with Crippen LogP contribution in [0, 0.1) is 0 Å². The number of rotatable bonds is 5. The molecular weight excluding hydrogens is 216 g/mol. The summed E-state index contributed by atoms with van der Waals surface area (Å²) in [7, 11) is 2.05. The molecule has 2 bridgehead atoms. The van der Waals surface area contributed by atoms with Gasteiger partial charge in [-0.25, -0.2) is 0 Å². The van der Waals surface area contributed by atoms with Crippen molar-refractivity contribution in [1.29, 1.82) is 0 Å². The van der Waals surface area contributed by atoms with Crippen molar-refractivity contribution in [3.05, 3.63) is 0 Å². The van der Waals surface area contributed by atoms with E-state index in [1.54, 1.807) is 0 Å². The van der Waals surface area contributed by atoms with Gasteiger partial charge >= 0.3 is 5.97 Å². The van der Waals surface area contributed by atoms with Gasteiger partial charge in [0.1, 0.15) is 0 Å². The van der Waals surface area contributed by atoms with E-state index in [1.807, 2.05) is 6.92 Å². The van der Waals surface area contributed by atoms with Gasteiger partial charge in [0.05, 0.1) is 13.0 Å². The minimum absolute atomic E-state index is 0.0531. The van der Waals surface area contributed by atoms with Gasteiger partial charge in [0, 0.05) is 24.7 Å². The topological polar surface area (TPSA) is 41.6 Å². The highest BCUT2D eigenvalue weighted by Crippen LogP contribution is 2.35. The predicted octanol–water partition coefficient (Wildman–Crippen LogP) is 1.15. The van der Waals surface area contributed by atoms with E-state index in [0.717, 1.165) is 6.54 Å². The number of carbonyl (C=O) groups is 1. The van der Waals surface area contributed by atoms with E-state index in [2.05, 4.69) is 17.3 Å². The molecule has 0 aliphatic carbocycles. The summed E-state index contributed by atoms with van der Waals surface area (Å²) in [4.78, 5) is 13.9. The molecular formula is C13H24N2O2. The molecule has 2 atom stereocenters. The number of fused-ring (bicyclic) bond motifs is 2. The number of ether oxygens (including phenoxy) is 1. The van der Waals surface area contributed by atoms with Gasteiger partial charge in [0.25, 0.3) is 0 Å². The Morgan fingerprint density at radius 3 is 2.53 bits per heavy atom. The van der Waals surface area contributed by atoms with Crippen molar-refractivity contribution < 1.29 is 9.53 Å². The minimum Gasteiger partial charge on any atom is -0.466 e. The second-order valence-corrected chi connectivity index (χ2v) is 5.13. The lowest BCUT2D eigenvalue weighted by atomic mass is 9.97. The van der Waals surface area contributed by atoms with Gasteiger partial charge in [-0.2, -0.15) is 0 Å². The second-order valence-electron chi connectivity index (χ2n) is 5.13. The summed E-state index contributed by atoms with van der Waals surface area (Å²) < 4.78 is 4.99.